The number of hydrogen-bond donors (Lipinski definition) is 1. The average Bonchev–Trinajstić information content (AvgIpc) is 3.11. The number of hydrogen-bond acceptors (Lipinski definition) is 5. The van der Waals surface area contributed by atoms with Crippen molar-refractivity contribution in [3.63, 3.8) is 0 Å². The number of phenolic OH excluding ortho intramolecular Hbond substituents is 1. The molecule has 108 valence electrons. The molecule has 22 heavy (non-hydrogen) atoms. The third-order valence-electron chi connectivity index (χ3n) is 3.79. The number of allylic oxidation sites excluding steroid dienone is 1. The van der Waals surface area contributed by atoms with Gasteiger partial charge in [-0.1, -0.05) is 6.58 Å². The SMILES string of the molecule is C=C(C)c1cc2c(o1)C(=O)c1c(cc3ccoc3c1O)C2=O. The molecule has 0 aliphatic heterocycles. The van der Waals surface area contributed by atoms with Crippen LogP contribution < -0.4 is 0 Å². The average molecular weight is 294 g/mol. The van der Waals surface area contributed by atoms with Gasteiger partial charge in [0, 0.05) is 10.9 Å². The zero-order chi connectivity index (χ0) is 15.6. The van der Waals surface area contributed by atoms with Crippen LogP contribution in [0.4, 0.5) is 0 Å². The van der Waals surface area contributed by atoms with Crippen LogP contribution in [0.15, 0.2) is 39.9 Å². The topological polar surface area (TPSA) is 80.7 Å². The minimum absolute atomic E-state index is 0.0725. The van der Waals surface area contributed by atoms with Gasteiger partial charge in [0.25, 0.3) is 0 Å². The van der Waals surface area contributed by atoms with Crippen molar-refractivity contribution in [1.29, 1.82) is 0 Å². The van der Waals surface area contributed by atoms with E-state index in [4.69, 9.17) is 8.83 Å². The molecule has 2 aromatic heterocycles. The Morgan fingerprint density at radius 3 is 2.68 bits per heavy atom. The van der Waals surface area contributed by atoms with Gasteiger partial charge in [-0.3, -0.25) is 9.59 Å². The lowest BCUT2D eigenvalue weighted by Gasteiger charge is -2.14. The van der Waals surface area contributed by atoms with Crippen LogP contribution in [0.25, 0.3) is 16.5 Å². The highest BCUT2D eigenvalue weighted by Crippen LogP contribution is 2.39. The second kappa shape index (κ2) is 3.98. The van der Waals surface area contributed by atoms with Crippen molar-refractivity contribution in [2.75, 3.05) is 0 Å². The number of carbonyl (C=O) groups is 2. The highest BCUT2D eigenvalue weighted by atomic mass is 16.4. The Morgan fingerprint density at radius 1 is 1.18 bits per heavy atom. The molecule has 0 unspecified atom stereocenters. The summed E-state index contributed by atoms with van der Waals surface area (Å²) in [5, 5.41) is 10.8. The van der Waals surface area contributed by atoms with E-state index < -0.39 is 5.78 Å². The summed E-state index contributed by atoms with van der Waals surface area (Å²) < 4.78 is 10.6. The monoisotopic (exact) mass is 294 g/mol. The molecule has 1 N–H and O–H groups in total. The first-order valence-electron chi connectivity index (χ1n) is 6.61. The summed E-state index contributed by atoms with van der Waals surface area (Å²) in [5.74, 6) is -0.929. The predicted octanol–water partition coefficient (Wildman–Crippen LogP) is 3.54. The highest BCUT2D eigenvalue weighted by molar-refractivity contribution is 6.30. The van der Waals surface area contributed by atoms with E-state index in [0.717, 1.165) is 0 Å². The third kappa shape index (κ3) is 1.42. The number of ketones is 2. The normalized spacial score (nSPS) is 13.3. The lowest BCUT2D eigenvalue weighted by molar-refractivity contribution is 0.0957. The highest BCUT2D eigenvalue weighted by Gasteiger charge is 2.37. The van der Waals surface area contributed by atoms with Crippen molar-refractivity contribution < 1.29 is 23.5 Å². The first kappa shape index (κ1) is 12.6. The quantitative estimate of drug-likeness (QED) is 0.580. The summed E-state index contributed by atoms with van der Waals surface area (Å²) >= 11 is 0. The molecule has 1 aliphatic rings. The molecular weight excluding hydrogens is 284 g/mol. The van der Waals surface area contributed by atoms with Crippen molar-refractivity contribution in [3.05, 3.63) is 59.3 Å². The van der Waals surface area contributed by atoms with Crippen molar-refractivity contribution in [2.45, 2.75) is 6.92 Å². The van der Waals surface area contributed by atoms with Gasteiger partial charge in [0.05, 0.1) is 17.4 Å². The fourth-order valence-electron chi connectivity index (χ4n) is 2.70. The maximum atomic E-state index is 12.6. The third-order valence-corrected chi connectivity index (χ3v) is 3.79. The van der Waals surface area contributed by atoms with E-state index in [1.807, 2.05) is 0 Å². The van der Waals surface area contributed by atoms with Gasteiger partial charge < -0.3 is 13.9 Å². The summed E-state index contributed by atoms with van der Waals surface area (Å²) in [6.07, 6.45) is 1.39. The zero-order valence-corrected chi connectivity index (χ0v) is 11.6. The maximum absolute atomic E-state index is 12.6. The molecule has 0 bridgehead atoms. The van der Waals surface area contributed by atoms with Crippen molar-refractivity contribution in [1.82, 2.24) is 0 Å². The van der Waals surface area contributed by atoms with E-state index in [1.165, 1.54) is 12.3 Å². The van der Waals surface area contributed by atoms with Crippen molar-refractivity contribution in [3.8, 4) is 5.75 Å². The fourth-order valence-corrected chi connectivity index (χ4v) is 2.70. The Balaban J connectivity index is 2.06. The van der Waals surface area contributed by atoms with Crippen LogP contribution in [0.2, 0.25) is 0 Å². The number of phenols is 1. The van der Waals surface area contributed by atoms with Crippen LogP contribution in [-0.4, -0.2) is 16.7 Å². The number of rotatable bonds is 1. The first-order valence-corrected chi connectivity index (χ1v) is 6.61. The zero-order valence-electron chi connectivity index (χ0n) is 11.6. The molecule has 0 saturated carbocycles. The fraction of sp³-hybridized carbons (Fsp3) is 0.0588. The van der Waals surface area contributed by atoms with E-state index in [0.29, 0.717) is 16.7 Å². The van der Waals surface area contributed by atoms with Gasteiger partial charge in [-0.05, 0) is 30.7 Å². The van der Waals surface area contributed by atoms with E-state index in [2.05, 4.69) is 6.58 Å². The molecule has 2 heterocycles. The minimum Gasteiger partial charge on any atom is -0.504 e. The molecule has 4 rings (SSSR count). The molecular formula is C17H10O5. The molecule has 1 aliphatic carbocycles. The summed E-state index contributed by atoms with van der Waals surface area (Å²) in [5.41, 5.74) is 1.05. The second-order valence-corrected chi connectivity index (χ2v) is 5.28. The Labute approximate surface area is 124 Å². The largest absolute Gasteiger partial charge is 0.504 e. The predicted molar refractivity (Wildman–Crippen MR) is 78.2 cm³/mol. The first-order chi connectivity index (χ1) is 10.5. The van der Waals surface area contributed by atoms with Gasteiger partial charge in [0.2, 0.25) is 5.78 Å². The molecule has 3 aromatic rings. The maximum Gasteiger partial charge on any atom is 0.233 e. The molecule has 1 aromatic carbocycles. The summed E-state index contributed by atoms with van der Waals surface area (Å²) in [4.78, 5) is 25.2. The van der Waals surface area contributed by atoms with E-state index in [1.54, 1.807) is 19.1 Å². The van der Waals surface area contributed by atoms with Crippen LogP contribution in [0.1, 0.15) is 44.7 Å². The van der Waals surface area contributed by atoms with Gasteiger partial charge in [-0.2, -0.15) is 0 Å². The molecule has 0 radical (unpaired) electrons. The number of carbonyl (C=O) groups excluding carboxylic acids is 2. The lowest BCUT2D eigenvalue weighted by atomic mass is 9.87. The minimum atomic E-state index is -0.534. The van der Waals surface area contributed by atoms with E-state index >= 15 is 0 Å². The van der Waals surface area contributed by atoms with Gasteiger partial charge in [-0.15, -0.1) is 0 Å². The van der Waals surface area contributed by atoms with Crippen molar-refractivity contribution in [2.24, 2.45) is 0 Å². The van der Waals surface area contributed by atoms with Gasteiger partial charge in [0.1, 0.15) is 5.76 Å². The molecule has 5 heteroatoms. The van der Waals surface area contributed by atoms with Gasteiger partial charge in [0.15, 0.2) is 22.9 Å². The number of benzene rings is 1. The van der Waals surface area contributed by atoms with Crippen LogP contribution in [0.3, 0.4) is 0 Å². The van der Waals surface area contributed by atoms with Crippen LogP contribution in [0.5, 0.6) is 5.75 Å². The molecule has 0 amide bonds. The summed E-state index contributed by atoms with van der Waals surface area (Å²) in [6, 6.07) is 4.68. The van der Waals surface area contributed by atoms with Crippen LogP contribution in [0, 0.1) is 0 Å². The van der Waals surface area contributed by atoms with Crippen LogP contribution >= 0.6 is 0 Å². The molecule has 0 saturated heterocycles. The Kier molecular flexibility index (Phi) is 2.29. The molecule has 0 spiro atoms. The molecule has 0 atom stereocenters. The van der Waals surface area contributed by atoms with Crippen molar-refractivity contribution >= 4 is 28.1 Å². The number of aromatic hydroxyl groups is 1. The standard InChI is InChI=1S/C17H10O5/c1-7(2)11-6-10-13(18)9-5-8-3-4-21-16(8)14(19)12(9)15(20)17(10)22-11/h3-6,19H,1H2,2H3. The Morgan fingerprint density at radius 2 is 1.95 bits per heavy atom. The smallest absolute Gasteiger partial charge is 0.233 e. The number of fused-ring (bicyclic) bond motifs is 3. The van der Waals surface area contributed by atoms with Gasteiger partial charge >= 0.3 is 0 Å². The Hall–Kier alpha value is -3.08. The van der Waals surface area contributed by atoms with E-state index in [-0.39, 0.29) is 39.6 Å². The molecule has 5 nitrogen and oxygen atoms in total. The van der Waals surface area contributed by atoms with Gasteiger partial charge in [-0.25, -0.2) is 0 Å². The van der Waals surface area contributed by atoms with E-state index in [9.17, 15) is 14.7 Å². The summed E-state index contributed by atoms with van der Waals surface area (Å²) in [6.45, 7) is 5.46. The Bertz CT molecular complexity index is 1000. The van der Waals surface area contributed by atoms with Crippen LogP contribution in [-0.2, 0) is 0 Å². The lowest BCUT2D eigenvalue weighted by Crippen LogP contribution is -2.19. The summed E-state index contributed by atoms with van der Waals surface area (Å²) in [7, 11) is 0. The second-order valence-electron chi connectivity index (χ2n) is 5.28. The molecule has 0 fully saturated rings. The number of furan rings is 2.